The van der Waals surface area contributed by atoms with Crippen molar-refractivity contribution in [3.8, 4) is 0 Å². The Bertz CT molecular complexity index is 175. The first kappa shape index (κ1) is 13.2. The lowest BCUT2D eigenvalue weighted by atomic mass is 10.1. The highest BCUT2D eigenvalue weighted by molar-refractivity contribution is 5.68. The molecule has 0 rings (SSSR count). The van der Waals surface area contributed by atoms with Gasteiger partial charge < -0.3 is 15.8 Å². The first-order valence-electron chi connectivity index (χ1n) is 5.08. The van der Waals surface area contributed by atoms with Crippen LogP contribution in [0.5, 0.6) is 0 Å². The van der Waals surface area contributed by atoms with E-state index < -0.39 is 0 Å². The third-order valence-electron chi connectivity index (χ3n) is 1.62. The largest absolute Gasteiger partial charge is 0.445 e. The predicted octanol–water partition coefficient (Wildman–Crippen LogP) is 1.64. The number of amides is 1. The van der Waals surface area contributed by atoms with Gasteiger partial charge >= 0.3 is 6.09 Å². The van der Waals surface area contributed by atoms with Gasteiger partial charge in [-0.25, -0.2) is 4.79 Å². The Morgan fingerprint density at radius 1 is 1.50 bits per heavy atom. The Balaban J connectivity index is 3.91. The zero-order chi connectivity index (χ0) is 11.2. The van der Waals surface area contributed by atoms with Crippen molar-refractivity contribution in [2.75, 3.05) is 6.54 Å². The van der Waals surface area contributed by atoms with E-state index in [2.05, 4.69) is 5.32 Å². The normalized spacial score (nSPS) is 13.5. The summed E-state index contributed by atoms with van der Waals surface area (Å²) in [5.74, 6) is 0. The lowest BCUT2D eigenvalue weighted by Crippen LogP contribution is -2.43. The number of carbonyl (C=O) groups excluding carboxylic acids is 1. The minimum absolute atomic E-state index is 0.164. The number of carbonyl (C=O) groups is 1. The first-order valence-corrected chi connectivity index (χ1v) is 5.08. The Hall–Kier alpha value is -0.770. The highest BCUT2D eigenvalue weighted by Gasteiger charge is 2.17. The minimum Gasteiger partial charge on any atom is -0.445 e. The summed E-state index contributed by atoms with van der Waals surface area (Å²) in [6.07, 6.45) is 1.22. The monoisotopic (exact) mass is 202 g/mol. The van der Waals surface area contributed by atoms with Crippen molar-refractivity contribution < 1.29 is 9.53 Å². The molecule has 0 radical (unpaired) electrons. The highest BCUT2D eigenvalue weighted by atomic mass is 16.6. The maximum Gasteiger partial charge on any atom is 0.407 e. The number of nitrogens with two attached hydrogens (primary N) is 1. The van der Waals surface area contributed by atoms with E-state index in [1.165, 1.54) is 0 Å². The molecule has 0 unspecified atom stereocenters. The summed E-state index contributed by atoms with van der Waals surface area (Å²) in [6.45, 7) is 8.14. The zero-order valence-corrected chi connectivity index (χ0v) is 9.59. The molecule has 84 valence electrons. The lowest BCUT2D eigenvalue weighted by molar-refractivity contribution is 0.0901. The molecule has 0 aliphatic rings. The second-order valence-electron chi connectivity index (χ2n) is 4.43. The van der Waals surface area contributed by atoms with Crippen LogP contribution in [-0.4, -0.2) is 24.3 Å². The molecule has 0 saturated heterocycles. The van der Waals surface area contributed by atoms with Gasteiger partial charge in [-0.3, -0.25) is 0 Å². The van der Waals surface area contributed by atoms with Crippen molar-refractivity contribution in [2.45, 2.75) is 52.2 Å². The molecule has 0 aliphatic heterocycles. The number of rotatable bonds is 4. The maximum absolute atomic E-state index is 11.3. The number of alkyl carbamates (subject to hydrolysis) is 1. The van der Waals surface area contributed by atoms with E-state index in [9.17, 15) is 4.79 Å². The van der Waals surface area contributed by atoms with Crippen molar-refractivity contribution in [2.24, 2.45) is 5.73 Å². The average Bonchev–Trinajstić information content (AvgIpc) is 2.00. The van der Waals surface area contributed by atoms with E-state index >= 15 is 0 Å². The van der Waals surface area contributed by atoms with Crippen molar-refractivity contribution in [3.05, 3.63) is 0 Å². The Labute approximate surface area is 86.2 Å². The molecule has 4 nitrogen and oxygen atoms in total. The van der Waals surface area contributed by atoms with E-state index in [0.717, 1.165) is 12.8 Å². The molecule has 14 heavy (non-hydrogen) atoms. The Morgan fingerprint density at radius 2 is 2.07 bits per heavy atom. The standard InChI is InChI=1S/C10H22N2O2/c1-5-6-8(7-11)14-9(13)12-10(2,3)4/h8H,5-7,11H2,1-4H3,(H,12,13)/t8-/m0/s1. The van der Waals surface area contributed by atoms with Gasteiger partial charge in [0.2, 0.25) is 0 Å². The van der Waals surface area contributed by atoms with E-state index in [1.54, 1.807) is 0 Å². The van der Waals surface area contributed by atoms with Crippen LogP contribution in [0.4, 0.5) is 4.79 Å². The Morgan fingerprint density at radius 3 is 2.43 bits per heavy atom. The maximum atomic E-state index is 11.3. The fourth-order valence-corrected chi connectivity index (χ4v) is 1.03. The fraction of sp³-hybridized carbons (Fsp3) is 0.900. The van der Waals surface area contributed by atoms with Crippen LogP contribution >= 0.6 is 0 Å². The summed E-state index contributed by atoms with van der Waals surface area (Å²) >= 11 is 0. The molecule has 1 amide bonds. The molecule has 0 aliphatic carbocycles. The summed E-state index contributed by atoms with van der Waals surface area (Å²) < 4.78 is 5.14. The molecule has 0 aromatic carbocycles. The number of hydrogen-bond acceptors (Lipinski definition) is 3. The van der Waals surface area contributed by atoms with Crippen LogP contribution in [0, 0.1) is 0 Å². The lowest BCUT2D eigenvalue weighted by Gasteiger charge is -2.22. The van der Waals surface area contributed by atoms with Crippen molar-refractivity contribution in [3.63, 3.8) is 0 Å². The zero-order valence-electron chi connectivity index (χ0n) is 9.59. The van der Waals surface area contributed by atoms with Crippen molar-refractivity contribution in [1.29, 1.82) is 0 Å². The van der Waals surface area contributed by atoms with Gasteiger partial charge in [0, 0.05) is 12.1 Å². The molecule has 0 aromatic heterocycles. The van der Waals surface area contributed by atoms with Gasteiger partial charge in [0.25, 0.3) is 0 Å². The van der Waals surface area contributed by atoms with E-state index in [4.69, 9.17) is 10.5 Å². The van der Waals surface area contributed by atoms with Crippen molar-refractivity contribution in [1.82, 2.24) is 5.32 Å². The van der Waals surface area contributed by atoms with Gasteiger partial charge in [0.1, 0.15) is 6.10 Å². The molecule has 0 fully saturated rings. The molecular weight excluding hydrogens is 180 g/mol. The average molecular weight is 202 g/mol. The molecule has 0 saturated carbocycles. The molecule has 3 N–H and O–H groups in total. The quantitative estimate of drug-likeness (QED) is 0.728. The molecule has 0 spiro atoms. The van der Waals surface area contributed by atoms with Crippen LogP contribution < -0.4 is 11.1 Å². The van der Waals surface area contributed by atoms with Crippen LogP contribution in [0.25, 0.3) is 0 Å². The molecule has 4 heteroatoms. The van der Waals surface area contributed by atoms with E-state index in [1.807, 2.05) is 27.7 Å². The molecule has 1 atom stereocenters. The van der Waals surface area contributed by atoms with Gasteiger partial charge in [-0.2, -0.15) is 0 Å². The number of ether oxygens (including phenoxy) is 1. The SMILES string of the molecule is CCC[C@@H](CN)OC(=O)NC(C)(C)C. The summed E-state index contributed by atoms with van der Waals surface area (Å²) in [7, 11) is 0. The van der Waals surface area contributed by atoms with Crippen LogP contribution in [0.1, 0.15) is 40.5 Å². The van der Waals surface area contributed by atoms with Crippen LogP contribution in [0.2, 0.25) is 0 Å². The van der Waals surface area contributed by atoms with Gasteiger partial charge in [0.15, 0.2) is 0 Å². The highest BCUT2D eigenvalue weighted by Crippen LogP contribution is 2.04. The second kappa shape index (κ2) is 5.86. The second-order valence-corrected chi connectivity index (χ2v) is 4.43. The summed E-state index contributed by atoms with van der Waals surface area (Å²) in [4.78, 5) is 11.3. The van der Waals surface area contributed by atoms with Crippen LogP contribution in [0.15, 0.2) is 0 Å². The van der Waals surface area contributed by atoms with Gasteiger partial charge in [0.05, 0.1) is 0 Å². The topological polar surface area (TPSA) is 64.3 Å². The summed E-state index contributed by atoms with van der Waals surface area (Å²) in [5, 5.41) is 2.73. The fourth-order valence-electron chi connectivity index (χ4n) is 1.03. The van der Waals surface area contributed by atoms with Gasteiger partial charge in [-0.05, 0) is 27.2 Å². The summed E-state index contributed by atoms with van der Waals surface area (Å²) in [5.41, 5.74) is 5.20. The first-order chi connectivity index (χ1) is 6.39. The third kappa shape index (κ3) is 6.71. The number of nitrogens with one attached hydrogen (secondary N) is 1. The van der Waals surface area contributed by atoms with Crippen LogP contribution in [0.3, 0.4) is 0 Å². The smallest absolute Gasteiger partial charge is 0.407 e. The molecular formula is C10H22N2O2. The number of hydrogen-bond donors (Lipinski definition) is 2. The molecule has 0 aromatic rings. The van der Waals surface area contributed by atoms with Crippen molar-refractivity contribution >= 4 is 6.09 Å². The summed E-state index contributed by atoms with van der Waals surface area (Å²) in [6, 6.07) is 0. The third-order valence-corrected chi connectivity index (χ3v) is 1.62. The van der Waals surface area contributed by atoms with Gasteiger partial charge in [-0.1, -0.05) is 13.3 Å². The molecule has 0 heterocycles. The van der Waals surface area contributed by atoms with Gasteiger partial charge in [-0.15, -0.1) is 0 Å². The van der Waals surface area contributed by atoms with E-state index in [-0.39, 0.29) is 17.7 Å². The molecule has 0 bridgehead atoms. The Kier molecular flexibility index (Phi) is 5.53. The van der Waals surface area contributed by atoms with E-state index in [0.29, 0.717) is 6.54 Å². The minimum atomic E-state index is -0.388. The van der Waals surface area contributed by atoms with Crippen LogP contribution in [-0.2, 0) is 4.74 Å². The predicted molar refractivity (Wildman–Crippen MR) is 57.1 cm³/mol.